The molecule has 0 heterocycles. The molecule has 0 aromatic rings. The standard InChI is InChI=1S/C12H22N4O8/c1-9(24-23)16(7-11(18)14(3)22)5-4-15(8-12(19)20)6-10(17)13(2)21/h21-23H,1,4-8H2,2-3H3,(H,19,20). The second-order valence-corrected chi connectivity index (χ2v) is 4.85. The Kier molecular flexibility index (Phi) is 9.34. The molecule has 0 unspecified atom stereocenters. The molecule has 0 atom stereocenters. The second kappa shape index (κ2) is 10.4. The zero-order chi connectivity index (χ0) is 18.9. The first-order chi connectivity index (χ1) is 11.1. The van der Waals surface area contributed by atoms with Crippen molar-refractivity contribution in [2.24, 2.45) is 0 Å². The van der Waals surface area contributed by atoms with E-state index in [0.717, 1.165) is 19.0 Å². The van der Waals surface area contributed by atoms with E-state index in [1.165, 1.54) is 4.90 Å². The van der Waals surface area contributed by atoms with Gasteiger partial charge in [0.1, 0.15) is 6.54 Å². The van der Waals surface area contributed by atoms with E-state index in [1.54, 1.807) is 0 Å². The molecule has 0 fully saturated rings. The third kappa shape index (κ3) is 8.28. The van der Waals surface area contributed by atoms with Gasteiger partial charge in [-0.25, -0.2) is 15.4 Å². The SMILES string of the molecule is C=C(OO)N(CCN(CC(=O)O)CC(=O)N(C)O)CC(=O)N(C)O. The lowest BCUT2D eigenvalue weighted by atomic mass is 10.4. The van der Waals surface area contributed by atoms with Gasteiger partial charge in [0.15, 0.2) is 0 Å². The van der Waals surface area contributed by atoms with Crippen LogP contribution in [0, 0.1) is 0 Å². The Morgan fingerprint density at radius 1 is 0.958 bits per heavy atom. The summed E-state index contributed by atoms with van der Waals surface area (Å²) in [6.07, 6.45) is 0. The molecule has 24 heavy (non-hydrogen) atoms. The molecule has 0 aliphatic rings. The van der Waals surface area contributed by atoms with Gasteiger partial charge in [-0.1, -0.05) is 0 Å². The predicted molar refractivity (Wildman–Crippen MR) is 77.6 cm³/mol. The fraction of sp³-hybridized carbons (Fsp3) is 0.583. The highest BCUT2D eigenvalue weighted by Crippen LogP contribution is 2.04. The van der Waals surface area contributed by atoms with Crippen LogP contribution in [0.1, 0.15) is 0 Å². The van der Waals surface area contributed by atoms with Crippen molar-refractivity contribution in [2.75, 3.05) is 46.8 Å². The van der Waals surface area contributed by atoms with Crippen molar-refractivity contribution in [2.45, 2.75) is 0 Å². The van der Waals surface area contributed by atoms with Crippen molar-refractivity contribution < 1.29 is 40.0 Å². The van der Waals surface area contributed by atoms with Gasteiger partial charge >= 0.3 is 5.97 Å². The van der Waals surface area contributed by atoms with Gasteiger partial charge in [-0.2, -0.15) is 0 Å². The van der Waals surface area contributed by atoms with Crippen molar-refractivity contribution >= 4 is 17.8 Å². The highest BCUT2D eigenvalue weighted by atomic mass is 17.1. The summed E-state index contributed by atoms with van der Waals surface area (Å²) in [5.41, 5.74) is 0. The van der Waals surface area contributed by atoms with Crippen molar-refractivity contribution in [3.8, 4) is 0 Å². The van der Waals surface area contributed by atoms with Crippen molar-refractivity contribution in [3.63, 3.8) is 0 Å². The zero-order valence-electron chi connectivity index (χ0n) is 13.5. The molecule has 0 rings (SSSR count). The van der Waals surface area contributed by atoms with Crippen LogP contribution in [0.4, 0.5) is 0 Å². The van der Waals surface area contributed by atoms with Crippen LogP contribution in [0.15, 0.2) is 12.5 Å². The van der Waals surface area contributed by atoms with Crippen LogP contribution in [0.5, 0.6) is 0 Å². The number of nitrogens with zero attached hydrogens (tertiary/aromatic N) is 4. The van der Waals surface area contributed by atoms with Crippen molar-refractivity contribution in [1.82, 2.24) is 19.9 Å². The lowest BCUT2D eigenvalue weighted by Gasteiger charge is -2.27. The average molecular weight is 350 g/mol. The zero-order valence-corrected chi connectivity index (χ0v) is 13.5. The largest absolute Gasteiger partial charge is 0.480 e. The van der Waals surface area contributed by atoms with Gasteiger partial charge in [0.05, 0.1) is 13.1 Å². The number of carboxylic acids is 1. The number of aliphatic carboxylic acids is 1. The van der Waals surface area contributed by atoms with Crippen LogP contribution in [0.3, 0.4) is 0 Å². The van der Waals surface area contributed by atoms with Crippen LogP contribution in [0.25, 0.3) is 0 Å². The summed E-state index contributed by atoms with van der Waals surface area (Å²) in [5, 5.41) is 36.3. The van der Waals surface area contributed by atoms with Crippen LogP contribution >= 0.6 is 0 Å². The monoisotopic (exact) mass is 350 g/mol. The summed E-state index contributed by atoms with van der Waals surface area (Å²) in [6, 6.07) is 0. The van der Waals surface area contributed by atoms with Crippen LogP contribution < -0.4 is 0 Å². The molecule has 0 saturated carbocycles. The topological polar surface area (TPSA) is 154 Å². The number of hydrogen-bond acceptors (Lipinski definition) is 9. The number of rotatable bonds is 11. The third-order valence-corrected chi connectivity index (χ3v) is 2.91. The van der Waals surface area contributed by atoms with E-state index in [4.69, 9.17) is 20.8 Å². The Bertz CT molecular complexity index is 468. The molecule has 0 radical (unpaired) electrons. The van der Waals surface area contributed by atoms with Gasteiger partial charge in [0.25, 0.3) is 11.8 Å². The minimum atomic E-state index is -1.20. The molecule has 0 saturated heterocycles. The number of hydrogen-bond donors (Lipinski definition) is 4. The quantitative estimate of drug-likeness (QED) is 0.147. The fourth-order valence-corrected chi connectivity index (χ4v) is 1.58. The first kappa shape index (κ1) is 21.6. The highest BCUT2D eigenvalue weighted by Gasteiger charge is 2.20. The molecule has 0 bridgehead atoms. The molecular formula is C12H22N4O8. The highest BCUT2D eigenvalue weighted by molar-refractivity contribution is 5.78. The van der Waals surface area contributed by atoms with Crippen LogP contribution in [-0.2, 0) is 19.3 Å². The van der Waals surface area contributed by atoms with E-state index in [1.807, 2.05) is 0 Å². The van der Waals surface area contributed by atoms with Crippen LogP contribution in [0.2, 0.25) is 0 Å². The minimum absolute atomic E-state index is 0.0311. The lowest BCUT2D eigenvalue weighted by molar-refractivity contribution is -0.225. The fourth-order valence-electron chi connectivity index (χ4n) is 1.58. The first-order valence-corrected chi connectivity index (χ1v) is 6.68. The maximum atomic E-state index is 11.5. The Hall–Kier alpha value is -2.41. The van der Waals surface area contributed by atoms with Gasteiger partial charge < -0.3 is 14.9 Å². The smallest absolute Gasteiger partial charge is 0.317 e. The summed E-state index contributed by atoms with van der Waals surface area (Å²) in [7, 11) is 2.21. The van der Waals surface area contributed by atoms with Crippen LogP contribution in [-0.4, -0.2) is 105 Å². The van der Waals surface area contributed by atoms with E-state index < -0.39 is 30.9 Å². The Morgan fingerprint density at radius 2 is 1.46 bits per heavy atom. The molecule has 0 aromatic heterocycles. The molecule has 4 N–H and O–H groups in total. The Balaban J connectivity index is 4.88. The number of carbonyl (C=O) groups is 3. The molecular weight excluding hydrogens is 328 g/mol. The number of amides is 2. The van der Waals surface area contributed by atoms with E-state index in [0.29, 0.717) is 10.1 Å². The van der Waals surface area contributed by atoms with E-state index >= 15 is 0 Å². The lowest BCUT2D eigenvalue weighted by Crippen LogP contribution is -2.45. The maximum absolute atomic E-state index is 11.5. The molecule has 0 aliphatic heterocycles. The average Bonchev–Trinajstić information content (AvgIpc) is 2.48. The first-order valence-electron chi connectivity index (χ1n) is 6.68. The number of likely N-dealkylation sites (N-methyl/N-ethyl adjacent to an activating group) is 2. The number of carbonyl (C=O) groups excluding carboxylic acids is 2. The maximum Gasteiger partial charge on any atom is 0.317 e. The summed E-state index contributed by atoms with van der Waals surface area (Å²) < 4.78 is 0. The number of hydroxylamine groups is 4. The van der Waals surface area contributed by atoms with Gasteiger partial charge in [-0.05, 0) is 6.58 Å². The van der Waals surface area contributed by atoms with Gasteiger partial charge in [0.2, 0.25) is 5.88 Å². The van der Waals surface area contributed by atoms with Gasteiger partial charge in [-0.15, -0.1) is 0 Å². The second-order valence-electron chi connectivity index (χ2n) is 4.85. The molecule has 0 aliphatic carbocycles. The summed E-state index contributed by atoms with van der Waals surface area (Å²) >= 11 is 0. The van der Waals surface area contributed by atoms with Gasteiger partial charge in [-0.3, -0.25) is 29.7 Å². The van der Waals surface area contributed by atoms with E-state index in [2.05, 4.69) is 11.5 Å². The molecule has 138 valence electrons. The summed E-state index contributed by atoms with van der Waals surface area (Å²) in [6.45, 7) is 2.01. The predicted octanol–water partition coefficient (Wildman–Crippen LogP) is -1.67. The summed E-state index contributed by atoms with van der Waals surface area (Å²) in [4.78, 5) is 40.1. The van der Waals surface area contributed by atoms with Gasteiger partial charge in [0, 0.05) is 27.2 Å². The molecule has 0 spiro atoms. The molecule has 12 heteroatoms. The number of carboxylic acid groups (broad SMARTS) is 1. The van der Waals surface area contributed by atoms with Crippen molar-refractivity contribution in [3.05, 3.63) is 12.5 Å². The molecule has 12 nitrogen and oxygen atoms in total. The van der Waals surface area contributed by atoms with E-state index in [-0.39, 0.29) is 25.5 Å². The third-order valence-electron chi connectivity index (χ3n) is 2.91. The normalized spacial score (nSPS) is 10.2. The minimum Gasteiger partial charge on any atom is -0.480 e. The van der Waals surface area contributed by atoms with E-state index in [9.17, 15) is 14.4 Å². The Labute approximate surface area is 138 Å². The molecule has 2 amide bonds. The Morgan fingerprint density at radius 3 is 1.88 bits per heavy atom. The molecule has 0 aromatic carbocycles. The van der Waals surface area contributed by atoms with Crippen molar-refractivity contribution in [1.29, 1.82) is 0 Å². The summed E-state index contributed by atoms with van der Waals surface area (Å²) in [5.74, 6) is -2.96.